The third-order valence-electron chi connectivity index (χ3n) is 2.64. The number of rotatable bonds is 10. The molecule has 1 N–H and O–H groups in total. The molecule has 0 spiro atoms. The molecule has 0 aromatic heterocycles. The molecule has 0 fully saturated rings. The lowest BCUT2D eigenvalue weighted by Crippen LogP contribution is -2.17. The number of unbranched alkanes of at least 4 members (excludes halogenated alkanes) is 1. The van der Waals surface area contributed by atoms with E-state index < -0.39 is 0 Å². The van der Waals surface area contributed by atoms with E-state index >= 15 is 0 Å². The molecule has 0 atom stereocenters. The van der Waals surface area contributed by atoms with Crippen LogP contribution >= 0.6 is 0 Å². The number of hydrogen-bond acceptors (Lipinski definition) is 4. The molecule has 0 unspecified atom stereocenters. The van der Waals surface area contributed by atoms with Crippen molar-refractivity contribution in [1.29, 1.82) is 0 Å². The van der Waals surface area contributed by atoms with Crippen LogP contribution in [0.1, 0.15) is 40.5 Å². The van der Waals surface area contributed by atoms with Gasteiger partial charge in [0.05, 0.1) is 18.5 Å². The maximum Gasteiger partial charge on any atom is 0.156 e. The van der Waals surface area contributed by atoms with E-state index in [-0.39, 0.29) is 0 Å². The number of allylic oxidation sites excluding steroid dienone is 4. The Balaban J connectivity index is 4.62. The van der Waals surface area contributed by atoms with Gasteiger partial charge in [0, 0.05) is 19.4 Å². The summed E-state index contributed by atoms with van der Waals surface area (Å²) in [5.74, 6) is 0.773. The normalized spacial score (nSPS) is 13.6. The van der Waals surface area contributed by atoms with E-state index in [2.05, 4.69) is 17.2 Å². The summed E-state index contributed by atoms with van der Waals surface area (Å²) in [5.41, 5.74) is 1.98. The second-order valence-corrected chi connectivity index (χ2v) is 4.30. The molecule has 4 nitrogen and oxygen atoms in total. The Kier molecular flexibility index (Phi) is 11.0. The summed E-state index contributed by atoms with van der Waals surface area (Å²) in [5, 5.41) is 3.36. The summed E-state index contributed by atoms with van der Waals surface area (Å²) in [6.07, 6.45) is 6.04. The fourth-order valence-electron chi connectivity index (χ4n) is 1.25. The molecule has 4 heteroatoms. The van der Waals surface area contributed by atoms with Gasteiger partial charge in [0.2, 0.25) is 0 Å². The largest absolute Gasteiger partial charge is 0.488 e. The van der Waals surface area contributed by atoms with Crippen molar-refractivity contribution in [3.8, 4) is 0 Å². The van der Waals surface area contributed by atoms with Crippen molar-refractivity contribution in [3.05, 3.63) is 23.2 Å². The van der Waals surface area contributed by atoms with Crippen molar-refractivity contribution in [1.82, 2.24) is 5.32 Å². The minimum atomic E-state index is 0.527. The molecule has 0 aliphatic heterocycles. The summed E-state index contributed by atoms with van der Waals surface area (Å²) in [4.78, 5) is 4.34. The van der Waals surface area contributed by atoms with E-state index in [9.17, 15) is 0 Å². The topological polar surface area (TPSA) is 42.9 Å². The highest BCUT2D eigenvalue weighted by Crippen LogP contribution is 2.04. The van der Waals surface area contributed by atoms with Gasteiger partial charge in [-0.2, -0.15) is 0 Å². The Labute approximate surface area is 117 Å². The van der Waals surface area contributed by atoms with Crippen LogP contribution in [0, 0.1) is 0 Å². The minimum absolute atomic E-state index is 0.527. The number of hydrogen-bond donors (Lipinski definition) is 1. The smallest absolute Gasteiger partial charge is 0.156 e. The summed E-state index contributed by atoms with van der Waals surface area (Å²) in [6.45, 7) is 10.2. The van der Waals surface area contributed by atoms with Crippen LogP contribution in [-0.4, -0.2) is 33.1 Å². The van der Waals surface area contributed by atoms with Crippen LogP contribution in [0.3, 0.4) is 0 Å². The predicted molar refractivity (Wildman–Crippen MR) is 81.4 cm³/mol. The van der Waals surface area contributed by atoms with Crippen LogP contribution in [0.4, 0.5) is 0 Å². The van der Waals surface area contributed by atoms with Gasteiger partial charge in [0.1, 0.15) is 6.61 Å². The van der Waals surface area contributed by atoms with Crippen LogP contribution < -0.4 is 5.32 Å². The lowest BCUT2D eigenvalue weighted by Gasteiger charge is -2.12. The lowest BCUT2D eigenvalue weighted by atomic mass is 10.3. The first-order valence-corrected chi connectivity index (χ1v) is 6.89. The monoisotopic (exact) mass is 268 g/mol. The summed E-state index contributed by atoms with van der Waals surface area (Å²) in [7, 11) is 1.66. The third-order valence-corrected chi connectivity index (χ3v) is 2.64. The van der Waals surface area contributed by atoms with E-state index in [0.29, 0.717) is 13.2 Å². The van der Waals surface area contributed by atoms with E-state index in [4.69, 9.17) is 9.47 Å². The first-order chi connectivity index (χ1) is 9.15. The van der Waals surface area contributed by atoms with Gasteiger partial charge in [-0.25, -0.2) is 0 Å². The van der Waals surface area contributed by atoms with Crippen molar-refractivity contribution in [2.75, 3.05) is 26.9 Å². The lowest BCUT2D eigenvalue weighted by molar-refractivity contribution is 0.116. The maximum absolute atomic E-state index is 5.69. The standard InChI is InChI=1S/C15H28N2O2/c1-6-8-9-16-14(4)15(19-11-10-18-5)12-17-13(3)7-2/h7,12,16H,6,8-11H2,1-5H3/b13-7+,15-14-,17-12-. The van der Waals surface area contributed by atoms with Gasteiger partial charge in [-0.3, -0.25) is 4.99 Å². The minimum Gasteiger partial charge on any atom is -0.488 e. The molecule has 19 heavy (non-hydrogen) atoms. The maximum atomic E-state index is 5.69. The molecule has 0 bridgehead atoms. The SMILES string of the molecule is C/C=C(C)/N=C\C(OCCOC)=C(/C)NCCCC. The van der Waals surface area contributed by atoms with Crippen LogP contribution in [-0.2, 0) is 9.47 Å². The van der Waals surface area contributed by atoms with Crippen molar-refractivity contribution in [3.63, 3.8) is 0 Å². The van der Waals surface area contributed by atoms with Gasteiger partial charge in [-0.05, 0) is 27.2 Å². The summed E-state index contributed by atoms with van der Waals surface area (Å²) >= 11 is 0. The molecule has 0 saturated heterocycles. The average Bonchev–Trinajstić information content (AvgIpc) is 2.42. The Morgan fingerprint density at radius 3 is 2.58 bits per heavy atom. The zero-order chi connectivity index (χ0) is 14.5. The van der Waals surface area contributed by atoms with Crippen LogP contribution in [0.2, 0.25) is 0 Å². The van der Waals surface area contributed by atoms with Gasteiger partial charge in [0.15, 0.2) is 5.76 Å². The molecule has 0 radical (unpaired) electrons. The van der Waals surface area contributed by atoms with Gasteiger partial charge in [-0.15, -0.1) is 0 Å². The van der Waals surface area contributed by atoms with Crippen molar-refractivity contribution in [2.24, 2.45) is 4.99 Å². The first-order valence-electron chi connectivity index (χ1n) is 6.89. The Morgan fingerprint density at radius 1 is 1.26 bits per heavy atom. The van der Waals surface area contributed by atoms with Crippen LogP contribution in [0.15, 0.2) is 28.2 Å². The highest BCUT2D eigenvalue weighted by molar-refractivity contribution is 5.77. The van der Waals surface area contributed by atoms with Crippen LogP contribution in [0.25, 0.3) is 0 Å². The second kappa shape index (κ2) is 11.8. The van der Waals surface area contributed by atoms with Crippen molar-refractivity contribution in [2.45, 2.75) is 40.5 Å². The molecule has 0 aromatic rings. The van der Waals surface area contributed by atoms with E-state index in [1.54, 1.807) is 13.3 Å². The average molecular weight is 268 g/mol. The fourth-order valence-corrected chi connectivity index (χ4v) is 1.25. The van der Waals surface area contributed by atoms with E-state index in [1.807, 2.05) is 26.8 Å². The summed E-state index contributed by atoms with van der Waals surface area (Å²) in [6, 6.07) is 0. The molecule has 0 aliphatic rings. The highest BCUT2D eigenvalue weighted by atomic mass is 16.5. The zero-order valence-electron chi connectivity index (χ0n) is 13.0. The van der Waals surface area contributed by atoms with Crippen LogP contribution in [0.5, 0.6) is 0 Å². The van der Waals surface area contributed by atoms with Gasteiger partial charge in [0.25, 0.3) is 0 Å². The van der Waals surface area contributed by atoms with Gasteiger partial charge >= 0.3 is 0 Å². The molecule has 0 amide bonds. The van der Waals surface area contributed by atoms with Crippen molar-refractivity contribution >= 4 is 6.21 Å². The molecule has 0 saturated carbocycles. The quantitative estimate of drug-likeness (QED) is 0.376. The number of methoxy groups -OCH3 is 1. The molecule has 110 valence electrons. The molecule has 0 heterocycles. The van der Waals surface area contributed by atoms with Gasteiger partial charge in [-0.1, -0.05) is 19.4 Å². The predicted octanol–water partition coefficient (Wildman–Crippen LogP) is 3.27. The molecule has 0 rings (SSSR count). The number of ether oxygens (including phenoxy) is 2. The second-order valence-electron chi connectivity index (χ2n) is 4.30. The number of aliphatic imine (C=N–C) groups is 1. The Bertz CT molecular complexity index is 320. The fraction of sp³-hybridized carbons (Fsp3) is 0.667. The molecule has 0 aliphatic carbocycles. The van der Waals surface area contributed by atoms with Gasteiger partial charge < -0.3 is 14.8 Å². The van der Waals surface area contributed by atoms with Crippen molar-refractivity contribution < 1.29 is 9.47 Å². The number of nitrogens with zero attached hydrogens (tertiary/aromatic N) is 1. The molecular formula is C15H28N2O2. The molecular weight excluding hydrogens is 240 g/mol. The molecule has 0 aromatic carbocycles. The third kappa shape index (κ3) is 9.31. The summed E-state index contributed by atoms with van der Waals surface area (Å²) < 4.78 is 10.7. The van der Waals surface area contributed by atoms with E-state index in [1.165, 1.54) is 6.42 Å². The zero-order valence-corrected chi connectivity index (χ0v) is 13.0. The van der Waals surface area contributed by atoms with E-state index in [0.717, 1.165) is 30.1 Å². The Morgan fingerprint density at radius 2 is 2.00 bits per heavy atom. The Hall–Kier alpha value is -1.29. The highest BCUT2D eigenvalue weighted by Gasteiger charge is 2.01. The first kappa shape index (κ1) is 17.7. The number of nitrogens with one attached hydrogen (secondary N) is 1.